The zero-order valence-corrected chi connectivity index (χ0v) is 10.2. The minimum atomic E-state index is -0.138. The van der Waals surface area contributed by atoms with Gasteiger partial charge in [0, 0.05) is 11.4 Å². The fourth-order valence-corrected chi connectivity index (χ4v) is 2.69. The Morgan fingerprint density at radius 2 is 2.19 bits per heavy atom. The molecule has 84 valence electrons. The molecule has 1 aromatic carbocycles. The molecule has 0 aliphatic heterocycles. The van der Waals surface area contributed by atoms with Gasteiger partial charge in [0.1, 0.15) is 5.82 Å². The van der Waals surface area contributed by atoms with Crippen LogP contribution in [-0.2, 0) is 6.54 Å². The van der Waals surface area contributed by atoms with E-state index >= 15 is 0 Å². The second-order valence-corrected chi connectivity index (χ2v) is 4.67. The van der Waals surface area contributed by atoms with E-state index in [1.807, 2.05) is 20.0 Å². The van der Waals surface area contributed by atoms with Crippen LogP contribution in [0.25, 0.3) is 10.4 Å². The number of hydrogen-bond acceptors (Lipinski definition) is 2. The Balaban J connectivity index is 2.39. The maximum atomic E-state index is 13.4. The van der Waals surface area contributed by atoms with E-state index in [4.69, 9.17) is 0 Å². The highest BCUT2D eigenvalue weighted by Crippen LogP contribution is 2.30. The molecule has 0 aliphatic carbocycles. The predicted octanol–water partition coefficient (Wildman–Crippen LogP) is 3.58. The first-order valence-corrected chi connectivity index (χ1v) is 6.08. The van der Waals surface area contributed by atoms with E-state index in [9.17, 15) is 4.39 Å². The number of hydrogen-bond donors (Lipinski definition) is 1. The molecule has 0 spiro atoms. The van der Waals surface area contributed by atoms with Crippen molar-refractivity contribution in [1.82, 2.24) is 5.32 Å². The van der Waals surface area contributed by atoms with Crippen molar-refractivity contribution < 1.29 is 4.39 Å². The Labute approximate surface area is 98.9 Å². The molecule has 0 aliphatic rings. The molecule has 1 nitrogen and oxygen atoms in total. The van der Waals surface area contributed by atoms with E-state index < -0.39 is 0 Å². The van der Waals surface area contributed by atoms with Crippen LogP contribution in [0.5, 0.6) is 0 Å². The summed E-state index contributed by atoms with van der Waals surface area (Å²) in [4.78, 5) is 1.13. The summed E-state index contributed by atoms with van der Waals surface area (Å²) in [6, 6.07) is 7.34. The number of benzene rings is 1. The maximum Gasteiger partial charge on any atom is 0.126 e. The van der Waals surface area contributed by atoms with Crippen LogP contribution in [0.1, 0.15) is 11.1 Å². The summed E-state index contributed by atoms with van der Waals surface area (Å²) in [6.45, 7) is 2.67. The Morgan fingerprint density at radius 3 is 2.94 bits per heavy atom. The van der Waals surface area contributed by atoms with E-state index in [1.54, 1.807) is 17.4 Å². The summed E-state index contributed by atoms with van der Waals surface area (Å²) in [6.07, 6.45) is 0. The third-order valence-corrected chi connectivity index (χ3v) is 3.58. The molecule has 1 N–H and O–H groups in total. The predicted molar refractivity (Wildman–Crippen MR) is 67.2 cm³/mol. The number of halogens is 1. The van der Waals surface area contributed by atoms with E-state index in [0.717, 1.165) is 22.5 Å². The third kappa shape index (κ3) is 2.15. The van der Waals surface area contributed by atoms with Gasteiger partial charge in [0.2, 0.25) is 0 Å². The van der Waals surface area contributed by atoms with Crippen molar-refractivity contribution in [2.24, 2.45) is 0 Å². The monoisotopic (exact) mass is 235 g/mol. The van der Waals surface area contributed by atoms with Gasteiger partial charge in [-0.1, -0.05) is 12.1 Å². The van der Waals surface area contributed by atoms with Crippen LogP contribution < -0.4 is 5.32 Å². The van der Waals surface area contributed by atoms with Gasteiger partial charge in [0.05, 0.1) is 0 Å². The van der Waals surface area contributed by atoms with Gasteiger partial charge in [-0.3, -0.25) is 0 Å². The van der Waals surface area contributed by atoms with Crippen molar-refractivity contribution in [2.75, 3.05) is 7.05 Å². The Morgan fingerprint density at radius 1 is 1.38 bits per heavy atom. The SMILES string of the molecule is CNCc1csc(-c2cccc(F)c2C)c1. The Hall–Kier alpha value is -1.19. The molecule has 0 radical (unpaired) electrons. The first-order valence-electron chi connectivity index (χ1n) is 5.20. The molecule has 1 heterocycles. The van der Waals surface area contributed by atoms with Crippen LogP contribution in [0.3, 0.4) is 0 Å². The third-order valence-electron chi connectivity index (χ3n) is 2.57. The molecular weight excluding hydrogens is 221 g/mol. The fraction of sp³-hybridized carbons (Fsp3) is 0.231. The number of thiophene rings is 1. The lowest BCUT2D eigenvalue weighted by molar-refractivity contribution is 0.619. The molecule has 0 bridgehead atoms. The van der Waals surface area contributed by atoms with Gasteiger partial charge in [0.25, 0.3) is 0 Å². The highest BCUT2D eigenvalue weighted by atomic mass is 32.1. The molecule has 0 saturated heterocycles. The van der Waals surface area contributed by atoms with Gasteiger partial charge in [-0.2, -0.15) is 0 Å². The van der Waals surface area contributed by atoms with Crippen molar-refractivity contribution in [2.45, 2.75) is 13.5 Å². The van der Waals surface area contributed by atoms with Crippen molar-refractivity contribution in [3.63, 3.8) is 0 Å². The topological polar surface area (TPSA) is 12.0 Å². The minimum Gasteiger partial charge on any atom is -0.316 e. The minimum absolute atomic E-state index is 0.138. The van der Waals surface area contributed by atoms with E-state index in [1.165, 1.54) is 11.6 Å². The van der Waals surface area contributed by atoms with Gasteiger partial charge in [-0.05, 0) is 48.2 Å². The molecule has 0 amide bonds. The summed E-state index contributed by atoms with van der Waals surface area (Å²) < 4.78 is 13.4. The summed E-state index contributed by atoms with van der Waals surface area (Å²) in [7, 11) is 1.92. The normalized spacial score (nSPS) is 10.7. The molecule has 16 heavy (non-hydrogen) atoms. The lowest BCUT2D eigenvalue weighted by atomic mass is 10.1. The average Bonchev–Trinajstić information content (AvgIpc) is 2.71. The zero-order valence-electron chi connectivity index (χ0n) is 9.38. The van der Waals surface area contributed by atoms with Crippen LogP contribution in [0.2, 0.25) is 0 Å². The second kappa shape index (κ2) is 4.76. The Bertz CT molecular complexity index is 490. The van der Waals surface area contributed by atoms with Crippen LogP contribution in [0.4, 0.5) is 4.39 Å². The molecule has 0 unspecified atom stereocenters. The average molecular weight is 235 g/mol. The molecule has 2 aromatic rings. The molecule has 0 saturated carbocycles. The quantitative estimate of drug-likeness (QED) is 0.857. The van der Waals surface area contributed by atoms with Crippen molar-refractivity contribution in [3.8, 4) is 10.4 Å². The molecule has 2 rings (SSSR count). The van der Waals surface area contributed by atoms with Crippen LogP contribution >= 0.6 is 11.3 Å². The highest BCUT2D eigenvalue weighted by molar-refractivity contribution is 7.13. The van der Waals surface area contributed by atoms with Gasteiger partial charge >= 0.3 is 0 Å². The smallest absolute Gasteiger partial charge is 0.126 e. The summed E-state index contributed by atoms with van der Waals surface area (Å²) in [5.74, 6) is -0.138. The standard InChI is InChI=1S/C13H14FNS/c1-9-11(4-3-5-12(9)14)13-6-10(7-15-2)8-16-13/h3-6,8,15H,7H2,1-2H3. The van der Waals surface area contributed by atoms with E-state index in [0.29, 0.717) is 0 Å². The van der Waals surface area contributed by atoms with Crippen molar-refractivity contribution in [1.29, 1.82) is 0 Å². The first-order chi connectivity index (χ1) is 7.72. The lowest BCUT2D eigenvalue weighted by Crippen LogP contribution is -2.03. The lowest BCUT2D eigenvalue weighted by Gasteiger charge is -2.03. The molecule has 3 heteroatoms. The van der Waals surface area contributed by atoms with Gasteiger partial charge in [-0.15, -0.1) is 11.3 Å². The fourth-order valence-electron chi connectivity index (χ4n) is 1.69. The largest absolute Gasteiger partial charge is 0.316 e. The highest BCUT2D eigenvalue weighted by Gasteiger charge is 2.07. The van der Waals surface area contributed by atoms with Crippen LogP contribution in [0.15, 0.2) is 29.6 Å². The van der Waals surface area contributed by atoms with E-state index in [2.05, 4.69) is 16.8 Å². The molecule has 0 fully saturated rings. The maximum absolute atomic E-state index is 13.4. The number of rotatable bonds is 3. The van der Waals surface area contributed by atoms with Gasteiger partial charge in [0.15, 0.2) is 0 Å². The molecular formula is C13H14FNS. The van der Waals surface area contributed by atoms with Gasteiger partial charge < -0.3 is 5.32 Å². The van der Waals surface area contributed by atoms with Crippen LogP contribution in [-0.4, -0.2) is 7.05 Å². The molecule has 1 aromatic heterocycles. The first kappa shape index (κ1) is 11.3. The summed E-state index contributed by atoms with van der Waals surface area (Å²) in [5, 5.41) is 5.21. The van der Waals surface area contributed by atoms with Crippen molar-refractivity contribution >= 4 is 11.3 Å². The zero-order chi connectivity index (χ0) is 11.5. The van der Waals surface area contributed by atoms with E-state index in [-0.39, 0.29) is 5.82 Å². The Kier molecular flexibility index (Phi) is 3.36. The van der Waals surface area contributed by atoms with Crippen LogP contribution in [0, 0.1) is 12.7 Å². The molecule has 0 atom stereocenters. The summed E-state index contributed by atoms with van der Waals surface area (Å²) in [5.41, 5.74) is 2.96. The second-order valence-electron chi connectivity index (χ2n) is 3.76. The van der Waals surface area contributed by atoms with Crippen molar-refractivity contribution in [3.05, 3.63) is 46.6 Å². The van der Waals surface area contributed by atoms with Gasteiger partial charge in [-0.25, -0.2) is 4.39 Å². The summed E-state index contributed by atoms with van der Waals surface area (Å²) >= 11 is 1.66. The number of nitrogens with one attached hydrogen (secondary N) is 1.